The molecular formula is C13H26N2O2. The lowest BCUT2D eigenvalue weighted by Crippen LogP contribution is -2.44. The molecule has 2 aliphatic heterocycles. The normalized spacial score (nSPS) is 35.6. The third kappa shape index (κ3) is 3.41. The maximum atomic E-state index is 5.94. The van der Waals surface area contributed by atoms with Crippen molar-refractivity contribution in [2.24, 2.45) is 11.7 Å². The van der Waals surface area contributed by atoms with Crippen molar-refractivity contribution >= 4 is 0 Å². The van der Waals surface area contributed by atoms with Crippen molar-refractivity contribution < 1.29 is 9.47 Å². The van der Waals surface area contributed by atoms with Crippen LogP contribution in [0.15, 0.2) is 0 Å². The average molecular weight is 242 g/mol. The zero-order chi connectivity index (χ0) is 12.3. The van der Waals surface area contributed by atoms with E-state index in [1.54, 1.807) is 0 Å². The molecule has 4 heteroatoms. The van der Waals surface area contributed by atoms with Gasteiger partial charge in [0, 0.05) is 18.5 Å². The van der Waals surface area contributed by atoms with Crippen molar-refractivity contribution in [2.75, 3.05) is 26.2 Å². The highest BCUT2D eigenvalue weighted by molar-refractivity contribution is 4.80. The van der Waals surface area contributed by atoms with E-state index in [0.29, 0.717) is 18.5 Å². The molecular weight excluding hydrogens is 216 g/mol. The van der Waals surface area contributed by atoms with E-state index >= 15 is 0 Å². The lowest BCUT2D eigenvalue weighted by molar-refractivity contribution is -0.114. The molecule has 100 valence electrons. The van der Waals surface area contributed by atoms with Gasteiger partial charge in [0.05, 0.1) is 12.7 Å². The molecule has 2 saturated heterocycles. The molecule has 2 heterocycles. The Labute approximate surface area is 104 Å². The van der Waals surface area contributed by atoms with Gasteiger partial charge in [0.2, 0.25) is 0 Å². The number of piperidine rings is 1. The topological polar surface area (TPSA) is 47.7 Å². The monoisotopic (exact) mass is 242 g/mol. The van der Waals surface area contributed by atoms with Crippen LogP contribution in [0.25, 0.3) is 0 Å². The van der Waals surface area contributed by atoms with Crippen molar-refractivity contribution in [2.45, 2.75) is 51.5 Å². The minimum Gasteiger partial charge on any atom is -0.350 e. The first-order valence-corrected chi connectivity index (χ1v) is 6.92. The van der Waals surface area contributed by atoms with Crippen LogP contribution in [0.4, 0.5) is 0 Å². The molecule has 2 fully saturated rings. The van der Waals surface area contributed by atoms with E-state index in [9.17, 15) is 0 Å². The van der Waals surface area contributed by atoms with Crippen LogP contribution in [-0.2, 0) is 9.47 Å². The van der Waals surface area contributed by atoms with Crippen LogP contribution in [0.2, 0.25) is 0 Å². The Balaban J connectivity index is 1.82. The molecule has 0 bridgehead atoms. The number of hydrogen-bond acceptors (Lipinski definition) is 4. The van der Waals surface area contributed by atoms with Crippen molar-refractivity contribution in [3.8, 4) is 0 Å². The summed E-state index contributed by atoms with van der Waals surface area (Å²) in [5.41, 5.74) is 5.55. The van der Waals surface area contributed by atoms with Crippen LogP contribution in [0.5, 0.6) is 0 Å². The fraction of sp³-hybridized carbons (Fsp3) is 1.00. The van der Waals surface area contributed by atoms with Gasteiger partial charge in [0.1, 0.15) is 0 Å². The Morgan fingerprint density at radius 3 is 2.94 bits per heavy atom. The van der Waals surface area contributed by atoms with Crippen LogP contribution < -0.4 is 5.73 Å². The first kappa shape index (κ1) is 13.3. The summed E-state index contributed by atoms with van der Waals surface area (Å²) < 4.78 is 11.7. The van der Waals surface area contributed by atoms with Gasteiger partial charge in [0.15, 0.2) is 6.29 Å². The predicted octanol–water partition coefficient (Wildman–Crippen LogP) is 1.20. The molecule has 2 N–H and O–H groups in total. The molecule has 0 radical (unpaired) electrons. The van der Waals surface area contributed by atoms with Gasteiger partial charge in [-0.25, -0.2) is 0 Å². The SMILES string of the molecule is CC(C)N1CCCC(C2OCC(CCN)O2)C1. The standard InChI is InChI=1S/C13H26N2O2/c1-10(2)15-7-3-4-11(8-15)13-16-9-12(17-13)5-6-14/h10-13H,3-9,14H2,1-2H3. The van der Waals surface area contributed by atoms with Gasteiger partial charge in [-0.1, -0.05) is 0 Å². The summed E-state index contributed by atoms with van der Waals surface area (Å²) in [6.07, 6.45) is 3.63. The van der Waals surface area contributed by atoms with Crippen LogP contribution in [-0.4, -0.2) is 49.6 Å². The van der Waals surface area contributed by atoms with Gasteiger partial charge in [-0.15, -0.1) is 0 Å². The zero-order valence-corrected chi connectivity index (χ0v) is 11.1. The highest BCUT2D eigenvalue weighted by Gasteiger charge is 2.35. The number of nitrogens with zero attached hydrogens (tertiary/aromatic N) is 1. The summed E-state index contributed by atoms with van der Waals surface area (Å²) in [5.74, 6) is 0.536. The van der Waals surface area contributed by atoms with Crippen molar-refractivity contribution in [3.63, 3.8) is 0 Å². The lowest BCUT2D eigenvalue weighted by atomic mass is 9.96. The summed E-state index contributed by atoms with van der Waals surface area (Å²) in [7, 11) is 0. The fourth-order valence-corrected chi connectivity index (χ4v) is 2.79. The molecule has 2 aliphatic rings. The van der Waals surface area contributed by atoms with Gasteiger partial charge in [-0.2, -0.15) is 0 Å². The summed E-state index contributed by atoms with van der Waals surface area (Å²) >= 11 is 0. The van der Waals surface area contributed by atoms with Crippen LogP contribution in [0.1, 0.15) is 33.1 Å². The summed E-state index contributed by atoms with van der Waals surface area (Å²) in [4.78, 5) is 2.52. The smallest absolute Gasteiger partial charge is 0.162 e. The second kappa shape index (κ2) is 6.14. The van der Waals surface area contributed by atoms with Crippen LogP contribution in [0, 0.1) is 5.92 Å². The summed E-state index contributed by atoms with van der Waals surface area (Å²) in [6, 6.07) is 0.624. The third-order valence-corrected chi connectivity index (χ3v) is 3.87. The first-order valence-electron chi connectivity index (χ1n) is 6.92. The minimum atomic E-state index is 0.00750. The summed E-state index contributed by atoms with van der Waals surface area (Å²) in [6.45, 7) is 8.25. The van der Waals surface area contributed by atoms with E-state index in [4.69, 9.17) is 15.2 Å². The summed E-state index contributed by atoms with van der Waals surface area (Å²) in [5, 5.41) is 0. The van der Waals surface area contributed by atoms with E-state index in [-0.39, 0.29) is 12.4 Å². The highest BCUT2D eigenvalue weighted by Crippen LogP contribution is 2.28. The number of nitrogens with two attached hydrogens (primary N) is 1. The minimum absolute atomic E-state index is 0.00750. The van der Waals surface area contributed by atoms with Gasteiger partial charge in [-0.05, 0) is 46.2 Å². The van der Waals surface area contributed by atoms with E-state index in [2.05, 4.69) is 18.7 Å². The molecule has 0 spiro atoms. The molecule has 17 heavy (non-hydrogen) atoms. The Hall–Kier alpha value is -0.160. The molecule has 0 aromatic heterocycles. The van der Waals surface area contributed by atoms with Crippen molar-refractivity contribution in [1.29, 1.82) is 0 Å². The fourth-order valence-electron chi connectivity index (χ4n) is 2.79. The highest BCUT2D eigenvalue weighted by atomic mass is 16.7. The quantitative estimate of drug-likeness (QED) is 0.804. The Morgan fingerprint density at radius 2 is 2.24 bits per heavy atom. The van der Waals surface area contributed by atoms with E-state index < -0.39 is 0 Å². The Kier molecular flexibility index (Phi) is 4.79. The predicted molar refractivity (Wildman–Crippen MR) is 67.7 cm³/mol. The maximum absolute atomic E-state index is 5.94. The van der Waals surface area contributed by atoms with E-state index in [1.807, 2.05) is 0 Å². The second-order valence-electron chi connectivity index (χ2n) is 5.53. The van der Waals surface area contributed by atoms with E-state index in [1.165, 1.54) is 19.4 Å². The van der Waals surface area contributed by atoms with Gasteiger partial charge in [0.25, 0.3) is 0 Å². The van der Waals surface area contributed by atoms with E-state index in [0.717, 1.165) is 19.6 Å². The Bertz CT molecular complexity index is 235. The third-order valence-electron chi connectivity index (χ3n) is 3.87. The number of ether oxygens (including phenoxy) is 2. The number of likely N-dealkylation sites (tertiary alicyclic amines) is 1. The molecule has 2 rings (SSSR count). The zero-order valence-electron chi connectivity index (χ0n) is 11.1. The number of rotatable bonds is 4. The number of hydrogen-bond donors (Lipinski definition) is 1. The van der Waals surface area contributed by atoms with Gasteiger partial charge >= 0.3 is 0 Å². The van der Waals surface area contributed by atoms with Crippen molar-refractivity contribution in [1.82, 2.24) is 4.90 Å². The van der Waals surface area contributed by atoms with Crippen molar-refractivity contribution in [3.05, 3.63) is 0 Å². The molecule has 3 atom stereocenters. The van der Waals surface area contributed by atoms with Gasteiger partial charge in [-0.3, -0.25) is 0 Å². The van der Waals surface area contributed by atoms with Gasteiger partial charge < -0.3 is 20.1 Å². The van der Waals surface area contributed by atoms with Crippen LogP contribution in [0.3, 0.4) is 0 Å². The average Bonchev–Trinajstić information content (AvgIpc) is 2.78. The molecule has 3 unspecified atom stereocenters. The molecule has 4 nitrogen and oxygen atoms in total. The maximum Gasteiger partial charge on any atom is 0.162 e. The molecule has 0 aliphatic carbocycles. The van der Waals surface area contributed by atoms with Crippen LogP contribution >= 0.6 is 0 Å². The molecule has 0 saturated carbocycles. The lowest BCUT2D eigenvalue weighted by Gasteiger charge is -2.37. The molecule has 0 aromatic carbocycles. The second-order valence-corrected chi connectivity index (χ2v) is 5.53. The largest absolute Gasteiger partial charge is 0.350 e. The molecule has 0 aromatic rings. The Morgan fingerprint density at radius 1 is 1.41 bits per heavy atom. The molecule has 0 amide bonds. The first-order chi connectivity index (χ1) is 8.20.